The van der Waals surface area contributed by atoms with E-state index < -0.39 is 18.1 Å². The van der Waals surface area contributed by atoms with Crippen LogP contribution in [0, 0.1) is 0 Å². The Morgan fingerprint density at radius 3 is 2.50 bits per heavy atom. The van der Waals surface area contributed by atoms with Crippen LogP contribution in [-0.2, 0) is 11.2 Å². The van der Waals surface area contributed by atoms with E-state index in [1.807, 2.05) is 0 Å². The molecule has 1 aromatic rings. The summed E-state index contributed by atoms with van der Waals surface area (Å²) in [5.41, 5.74) is 11.6. The van der Waals surface area contributed by atoms with Gasteiger partial charge in [-0.25, -0.2) is 0 Å². The van der Waals surface area contributed by atoms with E-state index in [2.05, 4.69) is 0 Å². The Bertz CT molecular complexity index is 368. The summed E-state index contributed by atoms with van der Waals surface area (Å²) in [5.74, 6) is -0.949. The van der Waals surface area contributed by atoms with E-state index in [1.165, 1.54) is 0 Å². The average Bonchev–Trinajstić information content (AvgIpc) is 2.28. The molecule has 0 fully saturated rings. The number of aliphatic hydroxyl groups excluding tert-OH is 2. The molecule has 0 saturated heterocycles. The number of amides is 1. The van der Waals surface area contributed by atoms with E-state index >= 15 is 0 Å². The topological polar surface area (TPSA) is 110 Å². The maximum absolute atomic E-state index is 10.8. The molecule has 16 heavy (non-hydrogen) atoms. The Morgan fingerprint density at radius 2 is 1.94 bits per heavy atom. The Hall–Kier alpha value is -1.43. The summed E-state index contributed by atoms with van der Waals surface area (Å²) in [6, 6.07) is 6.95. The number of aliphatic hydroxyl groups is 2. The first-order chi connectivity index (χ1) is 7.57. The van der Waals surface area contributed by atoms with Gasteiger partial charge in [-0.3, -0.25) is 4.79 Å². The molecule has 1 aromatic carbocycles. The van der Waals surface area contributed by atoms with Gasteiger partial charge in [0.15, 0.2) is 6.10 Å². The molecule has 0 aromatic heterocycles. The van der Waals surface area contributed by atoms with Crippen molar-refractivity contribution in [3.8, 4) is 0 Å². The summed E-state index contributed by atoms with van der Waals surface area (Å²) in [6.07, 6.45) is -2.34. The highest BCUT2D eigenvalue weighted by molar-refractivity contribution is 5.79. The fraction of sp³-hybridized carbons (Fsp3) is 0.364. The second kappa shape index (κ2) is 5.60. The Morgan fingerprint density at radius 1 is 1.31 bits per heavy atom. The van der Waals surface area contributed by atoms with Gasteiger partial charge in [-0.15, -0.1) is 0 Å². The molecule has 0 aliphatic heterocycles. The first kappa shape index (κ1) is 12.6. The number of benzene rings is 1. The van der Waals surface area contributed by atoms with Crippen molar-refractivity contribution in [2.75, 3.05) is 6.54 Å². The molecule has 0 radical (unpaired) electrons. The van der Waals surface area contributed by atoms with Gasteiger partial charge in [0.05, 0.1) is 0 Å². The van der Waals surface area contributed by atoms with Crippen molar-refractivity contribution in [3.63, 3.8) is 0 Å². The first-order valence-electron chi connectivity index (χ1n) is 5.01. The summed E-state index contributed by atoms with van der Waals surface area (Å²) >= 11 is 0. The third kappa shape index (κ3) is 2.79. The molecule has 0 spiro atoms. The Labute approximate surface area is 93.7 Å². The molecule has 0 heterocycles. The summed E-state index contributed by atoms with van der Waals surface area (Å²) in [6.45, 7) is 0.427. The van der Waals surface area contributed by atoms with Gasteiger partial charge in [0.25, 0.3) is 0 Å². The van der Waals surface area contributed by atoms with Gasteiger partial charge in [-0.1, -0.05) is 24.3 Å². The van der Waals surface area contributed by atoms with Crippen molar-refractivity contribution in [1.82, 2.24) is 0 Å². The second-order valence-corrected chi connectivity index (χ2v) is 3.53. The molecular weight excluding hydrogens is 208 g/mol. The van der Waals surface area contributed by atoms with Crippen molar-refractivity contribution >= 4 is 5.91 Å². The van der Waals surface area contributed by atoms with Gasteiger partial charge in [0.1, 0.15) is 6.10 Å². The lowest BCUT2D eigenvalue weighted by Crippen LogP contribution is -2.34. The number of rotatable bonds is 5. The van der Waals surface area contributed by atoms with Crippen LogP contribution < -0.4 is 11.5 Å². The van der Waals surface area contributed by atoms with E-state index in [-0.39, 0.29) is 0 Å². The molecular formula is C11H16N2O3. The molecule has 5 heteroatoms. The van der Waals surface area contributed by atoms with Crippen molar-refractivity contribution in [2.24, 2.45) is 11.5 Å². The molecule has 5 nitrogen and oxygen atoms in total. The lowest BCUT2D eigenvalue weighted by molar-refractivity contribution is -0.132. The van der Waals surface area contributed by atoms with Crippen molar-refractivity contribution < 1.29 is 15.0 Å². The average molecular weight is 224 g/mol. The molecule has 6 N–H and O–H groups in total. The van der Waals surface area contributed by atoms with Gasteiger partial charge in [0, 0.05) is 0 Å². The standard InChI is InChI=1S/C11H16N2O3/c12-6-5-7-3-1-2-4-8(7)9(14)10(15)11(13)16/h1-4,9-10,14-15H,5-6,12H2,(H2,13,16). The van der Waals surface area contributed by atoms with Crippen LogP contribution in [0.25, 0.3) is 0 Å². The molecule has 2 unspecified atom stereocenters. The summed E-state index contributed by atoms with van der Waals surface area (Å²) in [7, 11) is 0. The highest BCUT2D eigenvalue weighted by Gasteiger charge is 2.24. The van der Waals surface area contributed by atoms with E-state index in [4.69, 9.17) is 11.5 Å². The SMILES string of the molecule is NCCc1ccccc1C(O)C(O)C(N)=O. The number of hydrogen-bond acceptors (Lipinski definition) is 4. The summed E-state index contributed by atoms with van der Waals surface area (Å²) < 4.78 is 0. The predicted molar refractivity (Wildman–Crippen MR) is 59.4 cm³/mol. The number of carbonyl (C=O) groups is 1. The minimum atomic E-state index is -1.60. The predicted octanol–water partition coefficient (Wildman–Crippen LogP) is -0.933. The maximum atomic E-state index is 10.8. The van der Waals surface area contributed by atoms with Crippen LogP contribution in [0.2, 0.25) is 0 Å². The molecule has 0 aliphatic carbocycles. The molecule has 0 aliphatic rings. The Balaban J connectivity index is 2.97. The zero-order chi connectivity index (χ0) is 12.1. The van der Waals surface area contributed by atoms with Gasteiger partial charge >= 0.3 is 0 Å². The number of nitrogens with two attached hydrogens (primary N) is 2. The van der Waals surface area contributed by atoms with Crippen LogP contribution in [0.1, 0.15) is 17.2 Å². The number of carbonyl (C=O) groups excluding carboxylic acids is 1. The molecule has 1 rings (SSSR count). The number of primary amides is 1. The minimum Gasteiger partial charge on any atom is -0.385 e. The Kier molecular flexibility index (Phi) is 4.42. The second-order valence-electron chi connectivity index (χ2n) is 3.53. The van der Waals surface area contributed by atoms with E-state index in [0.29, 0.717) is 18.5 Å². The zero-order valence-corrected chi connectivity index (χ0v) is 8.84. The fourth-order valence-electron chi connectivity index (χ4n) is 1.53. The quantitative estimate of drug-likeness (QED) is 0.517. The fourth-order valence-corrected chi connectivity index (χ4v) is 1.53. The van der Waals surface area contributed by atoms with E-state index in [1.54, 1.807) is 24.3 Å². The summed E-state index contributed by atoms with van der Waals surface area (Å²) in [5, 5.41) is 19.2. The largest absolute Gasteiger partial charge is 0.385 e. The van der Waals surface area contributed by atoms with Crippen molar-refractivity contribution in [1.29, 1.82) is 0 Å². The van der Waals surface area contributed by atoms with Crippen LogP contribution in [0.15, 0.2) is 24.3 Å². The maximum Gasteiger partial charge on any atom is 0.249 e. The third-order valence-corrected chi connectivity index (χ3v) is 2.38. The number of hydrogen-bond donors (Lipinski definition) is 4. The minimum absolute atomic E-state index is 0.427. The lowest BCUT2D eigenvalue weighted by atomic mass is 9.96. The van der Waals surface area contributed by atoms with Crippen LogP contribution in [-0.4, -0.2) is 28.8 Å². The smallest absolute Gasteiger partial charge is 0.249 e. The normalized spacial score (nSPS) is 14.4. The van der Waals surface area contributed by atoms with Crippen LogP contribution in [0.4, 0.5) is 0 Å². The van der Waals surface area contributed by atoms with Gasteiger partial charge in [-0.05, 0) is 24.1 Å². The van der Waals surface area contributed by atoms with Crippen LogP contribution in [0.5, 0.6) is 0 Å². The van der Waals surface area contributed by atoms with E-state index in [9.17, 15) is 15.0 Å². The first-order valence-corrected chi connectivity index (χ1v) is 5.01. The lowest BCUT2D eigenvalue weighted by Gasteiger charge is -2.18. The molecule has 88 valence electrons. The molecule has 0 bridgehead atoms. The van der Waals surface area contributed by atoms with Crippen molar-refractivity contribution in [2.45, 2.75) is 18.6 Å². The van der Waals surface area contributed by atoms with Gasteiger partial charge in [0.2, 0.25) is 5.91 Å². The monoisotopic (exact) mass is 224 g/mol. The molecule has 2 atom stereocenters. The molecule has 0 saturated carbocycles. The van der Waals surface area contributed by atoms with Gasteiger partial charge < -0.3 is 21.7 Å². The van der Waals surface area contributed by atoms with E-state index in [0.717, 1.165) is 5.56 Å². The highest BCUT2D eigenvalue weighted by Crippen LogP contribution is 2.21. The van der Waals surface area contributed by atoms with Crippen LogP contribution >= 0.6 is 0 Å². The highest BCUT2D eigenvalue weighted by atomic mass is 16.3. The van der Waals surface area contributed by atoms with Crippen LogP contribution in [0.3, 0.4) is 0 Å². The summed E-state index contributed by atoms with van der Waals surface area (Å²) in [4.78, 5) is 10.8. The van der Waals surface area contributed by atoms with Crippen molar-refractivity contribution in [3.05, 3.63) is 35.4 Å². The third-order valence-electron chi connectivity index (χ3n) is 2.38. The van der Waals surface area contributed by atoms with Gasteiger partial charge in [-0.2, -0.15) is 0 Å². The zero-order valence-electron chi connectivity index (χ0n) is 8.84. The molecule has 1 amide bonds.